The third kappa shape index (κ3) is 1.91. The van der Waals surface area contributed by atoms with Gasteiger partial charge in [0.05, 0.1) is 13.1 Å². The summed E-state index contributed by atoms with van der Waals surface area (Å²) in [5.74, 6) is -2.41. The van der Waals surface area contributed by atoms with E-state index in [9.17, 15) is 8.78 Å². The number of hydrogen-bond acceptors (Lipinski definition) is 2. The molecule has 0 amide bonds. The van der Waals surface area contributed by atoms with Crippen LogP contribution < -0.4 is 0 Å². The number of halogens is 2. The maximum Gasteiger partial charge on any atom is 0.272 e. The number of rotatable bonds is 2. The first-order valence-electron chi connectivity index (χ1n) is 5.34. The van der Waals surface area contributed by atoms with Crippen molar-refractivity contribution in [1.29, 1.82) is 0 Å². The molecule has 2 fully saturated rings. The lowest BCUT2D eigenvalue weighted by Crippen LogP contribution is -2.60. The predicted octanol–water partition coefficient (Wildman–Crippen LogP) is 1.42. The molecule has 0 spiro atoms. The first kappa shape index (κ1) is 10.3. The molecule has 2 nitrogen and oxygen atoms in total. The molecule has 0 aliphatic carbocycles. The van der Waals surface area contributed by atoms with Gasteiger partial charge in [0, 0.05) is 25.2 Å². The molecule has 0 aromatic carbocycles. The van der Waals surface area contributed by atoms with Crippen LogP contribution >= 0.6 is 0 Å². The molecule has 0 aromatic heterocycles. The maximum atomic E-state index is 12.6. The Morgan fingerprint density at radius 2 is 1.93 bits per heavy atom. The standard InChI is InChI=1S/C10H18F2N2/c1-8(2)13-4-3-9(5-13)14-6-10(11,12)7-14/h8-9H,3-7H2,1-2H3/t9-/m1/s1. The van der Waals surface area contributed by atoms with Gasteiger partial charge < -0.3 is 0 Å². The van der Waals surface area contributed by atoms with Crippen molar-refractivity contribution in [3.63, 3.8) is 0 Å². The van der Waals surface area contributed by atoms with Gasteiger partial charge >= 0.3 is 0 Å². The zero-order valence-electron chi connectivity index (χ0n) is 8.84. The molecule has 0 saturated carbocycles. The molecule has 0 N–H and O–H groups in total. The van der Waals surface area contributed by atoms with Gasteiger partial charge in [0.15, 0.2) is 0 Å². The molecule has 2 aliphatic rings. The Balaban J connectivity index is 1.80. The summed E-state index contributed by atoms with van der Waals surface area (Å²) in [6.45, 7) is 6.30. The topological polar surface area (TPSA) is 6.48 Å². The summed E-state index contributed by atoms with van der Waals surface area (Å²) >= 11 is 0. The fraction of sp³-hybridized carbons (Fsp3) is 1.00. The van der Waals surface area contributed by atoms with Gasteiger partial charge in [-0.2, -0.15) is 0 Å². The molecule has 0 radical (unpaired) electrons. The lowest BCUT2D eigenvalue weighted by molar-refractivity contribution is -0.144. The molecule has 2 aliphatic heterocycles. The number of nitrogens with zero attached hydrogens (tertiary/aromatic N) is 2. The number of likely N-dealkylation sites (tertiary alicyclic amines) is 2. The van der Waals surface area contributed by atoms with E-state index in [1.165, 1.54) is 0 Å². The van der Waals surface area contributed by atoms with E-state index in [2.05, 4.69) is 18.7 Å². The van der Waals surface area contributed by atoms with Crippen LogP contribution in [0.4, 0.5) is 8.78 Å². The number of alkyl halides is 2. The van der Waals surface area contributed by atoms with E-state index in [1.54, 1.807) is 0 Å². The molecule has 1 atom stereocenters. The second-order valence-corrected chi connectivity index (χ2v) is 4.79. The van der Waals surface area contributed by atoms with E-state index >= 15 is 0 Å². The zero-order valence-corrected chi connectivity index (χ0v) is 8.84. The largest absolute Gasteiger partial charge is 0.299 e. The molecule has 14 heavy (non-hydrogen) atoms. The Bertz CT molecular complexity index is 210. The van der Waals surface area contributed by atoms with Crippen LogP contribution in [0.3, 0.4) is 0 Å². The maximum absolute atomic E-state index is 12.6. The molecule has 0 unspecified atom stereocenters. The minimum Gasteiger partial charge on any atom is -0.299 e. The van der Waals surface area contributed by atoms with E-state index in [0.29, 0.717) is 12.1 Å². The highest BCUT2D eigenvalue weighted by molar-refractivity contribution is 4.95. The molecule has 2 heterocycles. The molecule has 4 heteroatoms. The first-order chi connectivity index (χ1) is 6.48. The fourth-order valence-corrected chi connectivity index (χ4v) is 2.34. The minimum atomic E-state index is -2.41. The van der Waals surface area contributed by atoms with Gasteiger partial charge in [0.1, 0.15) is 0 Å². The lowest BCUT2D eigenvalue weighted by atomic mass is 10.1. The van der Waals surface area contributed by atoms with Crippen LogP contribution in [0.2, 0.25) is 0 Å². The monoisotopic (exact) mass is 204 g/mol. The van der Waals surface area contributed by atoms with Crippen LogP contribution in [-0.4, -0.2) is 54.0 Å². The minimum absolute atomic E-state index is 0.0242. The molecule has 0 aromatic rings. The van der Waals surface area contributed by atoms with Crippen LogP contribution in [0, 0.1) is 0 Å². The van der Waals surface area contributed by atoms with Crippen molar-refractivity contribution >= 4 is 0 Å². The van der Waals surface area contributed by atoms with Gasteiger partial charge in [-0.05, 0) is 20.3 Å². The average Bonchev–Trinajstić information content (AvgIpc) is 2.47. The van der Waals surface area contributed by atoms with Crippen molar-refractivity contribution in [3.05, 3.63) is 0 Å². The van der Waals surface area contributed by atoms with Gasteiger partial charge in [-0.25, -0.2) is 8.78 Å². The van der Waals surface area contributed by atoms with E-state index < -0.39 is 5.92 Å². The van der Waals surface area contributed by atoms with Crippen LogP contribution in [0.1, 0.15) is 20.3 Å². The normalized spacial score (nSPS) is 33.6. The fourth-order valence-electron chi connectivity index (χ4n) is 2.34. The van der Waals surface area contributed by atoms with Crippen molar-refractivity contribution in [2.45, 2.75) is 38.3 Å². The van der Waals surface area contributed by atoms with E-state index in [1.807, 2.05) is 4.90 Å². The molecular formula is C10H18F2N2. The van der Waals surface area contributed by atoms with Crippen LogP contribution in [0.25, 0.3) is 0 Å². The van der Waals surface area contributed by atoms with Gasteiger partial charge in [-0.3, -0.25) is 9.80 Å². The van der Waals surface area contributed by atoms with Crippen LogP contribution in [-0.2, 0) is 0 Å². The average molecular weight is 204 g/mol. The summed E-state index contributed by atoms with van der Waals surface area (Å²) < 4.78 is 25.3. The summed E-state index contributed by atoms with van der Waals surface area (Å²) in [5.41, 5.74) is 0. The highest BCUT2D eigenvalue weighted by Crippen LogP contribution is 2.31. The quantitative estimate of drug-likeness (QED) is 0.671. The number of hydrogen-bond donors (Lipinski definition) is 0. The van der Waals surface area contributed by atoms with Gasteiger partial charge in [-0.15, -0.1) is 0 Å². The first-order valence-corrected chi connectivity index (χ1v) is 5.34. The molecule has 82 valence electrons. The van der Waals surface area contributed by atoms with E-state index in [4.69, 9.17) is 0 Å². The SMILES string of the molecule is CC(C)N1CC[C@@H](N2CC(F)(F)C2)C1. The van der Waals surface area contributed by atoms with E-state index in [-0.39, 0.29) is 13.1 Å². The second-order valence-electron chi connectivity index (χ2n) is 4.79. The predicted molar refractivity (Wildman–Crippen MR) is 51.6 cm³/mol. The van der Waals surface area contributed by atoms with Crippen molar-refractivity contribution in [2.75, 3.05) is 26.2 Å². The molecule has 2 saturated heterocycles. The zero-order chi connectivity index (χ0) is 10.3. The third-order valence-electron chi connectivity index (χ3n) is 3.31. The Morgan fingerprint density at radius 3 is 2.36 bits per heavy atom. The Hall–Kier alpha value is -0.220. The highest BCUT2D eigenvalue weighted by Gasteiger charge is 2.47. The van der Waals surface area contributed by atoms with Gasteiger partial charge in [-0.1, -0.05) is 0 Å². The van der Waals surface area contributed by atoms with Gasteiger partial charge in [0.25, 0.3) is 5.92 Å². The summed E-state index contributed by atoms with van der Waals surface area (Å²) in [6, 6.07) is 0.916. The second kappa shape index (κ2) is 3.42. The van der Waals surface area contributed by atoms with Crippen LogP contribution in [0.15, 0.2) is 0 Å². The summed E-state index contributed by atoms with van der Waals surface area (Å²) in [7, 11) is 0. The molecular weight excluding hydrogens is 186 g/mol. The van der Waals surface area contributed by atoms with Crippen molar-refractivity contribution in [3.8, 4) is 0 Å². The Kier molecular flexibility index (Phi) is 2.52. The molecule has 2 rings (SSSR count). The molecule has 0 bridgehead atoms. The van der Waals surface area contributed by atoms with Crippen molar-refractivity contribution < 1.29 is 8.78 Å². The summed E-state index contributed by atoms with van der Waals surface area (Å²) in [5, 5.41) is 0. The summed E-state index contributed by atoms with van der Waals surface area (Å²) in [4.78, 5) is 4.28. The van der Waals surface area contributed by atoms with E-state index in [0.717, 1.165) is 19.5 Å². The lowest BCUT2D eigenvalue weighted by Gasteiger charge is -2.42. The van der Waals surface area contributed by atoms with Crippen LogP contribution in [0.5, 0.6) is 0 Å². The van der Waals surface area contributed by atoms with Gasteiger partial charge in [0.2, 0.25) is 0 Å². The Labute approximate surface area is 83.9 Å². The highest BCUT2D eigenvalue weighted by atomic mass is 19.3. The third-order valence-corrected chi connectivity index (χ3v) is 3.31. The smallest absolute Gasteiger partial charge is 0.272 e. The van der Waals surface area contributed by atoms with Crippen molar-refractivity contribution in [1.82, 2.24) is 9.80 Å². The summed E-state index contributed by atoms with van der Waals surface area (Å²) in [6.07, 6.45) is 1.05. The Morgan fingerprint density at radius 1 is 1.29 bits per heavy atom. The van der Waals surface area contributed by atoms with Crippen molar-refractivity contribution in [2.24, 2.45) is 0 Å².